The van der Waals surface area contributed by atoms with E-state index in [0.717, 1.165) is 63.7 Å². The summed E-state index contributed by atoms with van der Waals surface area (Å²) in [4.78, 5) is 9.23. The monoisotopic (exact) mass is 511 g/mol. The van der Waals surface area contributed by atoms with Gasteiger partial charge in [0.2, 0.25) is 0 Å². The number of aliphatic imine (C=N–C) groups is 1. The van der Waals surface area contributed by atoms with Crippen LogP contribution >= 0.6 is 24.0 Å². The summed E-state index contributed by atoms with van der Waals surface area (Å²) in [6.45, 7) is 8.21. The molecule has 1 aromatic heterocycles. The summed E-state index contributed by atoms with van der Waals surface area (Å²) in [6, 6.07) is 10.6. The smallest absolute Gasteiger partial charge is 0.191 e. The molecular formula is C22H34IN5O. The molecule has 2 aromatic rings. The second-order valence-corrected chi connectivity index (χ2v) is 7.58. The second-order valence-electron chi connectivity index (χ2n) is 7.58. The van der Waals surface area contributed by atoms with Crippen LogP contribution in [0.2, 0.25) is 0 Å². The van der Waals surface area contributed by atoms with Crippen molar-refractivity contribution < 1.29 is 4.74 Å². The molecule has 0 amide bonds. The summed E-state index contributed by atoms with van der Waals surface area (Å²) in [5.74, 6) is 1.81. The number of nitrogens with one attached hydrogen (secondary N) is 2. The molecule has 1 atom stereocenters. The Hall–Kier alpha value is -1.61. The zero-order chi connectivity index (χ0) is 19.7. The summed E-state index contributed by atoms with van der Waals surface area (Å²) < 4.78 is 8.06. The average molecular weight is 511 g/mol. The minimum absolute atomic E-state index is 0. The highest BCUT2D eigenvalue weighted by molar-refractivity contribution is 14.0. The van der Waals surface area contributed by atoms with Gasteiger partial charge in [0.1, 0.15) is 12.4 Å². The lowest BCUT2D eigenvalue weighted by Crippen LogP contribution is -2.45. The van der Waals surface area contributed by atoms with Gasteiger partial charge in [0.05, 0.1) is 5.60 Å². The van der Waals surface area contributed by atoms with E-state index in [1.165, 1.54) is 5.56 Å². The van der Waals surface area contributed by atoms with Crippen LogP contribution in [-0.4, -0.2) is 40.8 Å². The summed E-state index contributed by atoms with van der Waals surface area (Å²) in [7, 11) is 0. The van der Waals surface area contributed by atoms with E-state index in [9.17, 15) is 0 Å². The summed E-state index contributed by atoms with van der Waals surface area (Å²) >= 11 is 0. The third kappa shape index (κ3) is 7.62. The average Bonchev–Trinajstić information content (AvgIpc) is 3.34. The maximum absolute atomic E-state index is 5.86. The van der Waals surface area contributed by atoms with Crippen LogP contribution in [0.15, 0.2) is 47.7 Å². The molecule has 0 aliphatic carbocycles. The van der Waals surface area contributed by atoms with Crippen LogP contribution in [0.4, 0.5) is 0 Å². The fourth-order valence-corrected chi connectivity index (χ4v) is 3.53. The number of halogens is 1. The lowest BCUT2D eigenvalue weighted by Gasteiger charge is -2.24. The second kappa shape index (κ2) is 12.2. The van der Waals surface area contributed by atoms with E-state index >= 15 is 0 Å². The zero-order valence-corrected chi connectivity index (χ0v) is 19.9. The number of benzene rings is 1. The first-order chi connectivity index (χ1) is 13.7. The van der Waals surface area contributed by atoms with Crippen LogP contribution in [0.5, 0.6) is 0 Å². The first-order valence-corrected chi connectivity index (χ1v) is 10.4. The standard InChI is InChI=1S/C22H33N5O.HI/c1-3-23-21(26-18-22(2)12-8-16-28-22)25-17-20-24-13-15-27(20)14-7-11-19-9-5-4-6-10-19;/h4-6,9-10,13,15H,3,7-8,11-12,14,16-18H2,1-2H3,(H2,23,25,26);1H. The number of aryl methyl sites for hydroxylation is 2. The van der Waals surface area contributed by atoms with Gasteiger partial charge in [-0.2, -0.15) is 0 Å². The molecule has 2 heterocycles. The molecule has 7 heteroatoms. The third-order valence-electron chi connectivity index (χ3n) is 5.16. The Labute approximate surface area is 191 Å². The van der Waals surface area contributed by atoms with Crippen molar-refractivity contribution in [1.82, 2.24) is 20.2 Å². The number of aromatic nitrogens is 2. The van der Waals surface area contributed by atoms with Crippen molar-refractivity contribution in [3.8, 4) is 0 Å². The SMILES string of the molecule is CCNC(=NCc1nccn1CCCc1ccccc1)NCC1(C)CCCO1.I. The van der Waals surface area contributed by atoms with Gasteiger partial charge in [0.25, 0.3) is 0 Å². The lowest BCUT2D eigenvalue weighted by atomic mass is 10.0. The number of hydrogen-bond acceptors (Lipinski definition) is 3. The first-order valence-electron chi connectivity index (χ1n) is 10.4. The predicted molar refractivity (Wildman–Crippen MR) is 129 cm³/mol. The minimum atomic E-state index is -0.0912. The maximum Gasteiger partial charge on any atom is 0.191 e. The minimum Gasteiger partial charge on any atom is -0.373 e. The van der Waals surface area contributed by atoms with Gasteiger partial charge in [0.15, 0.2) is 5.96 Å². The van der Waals surface area contributed by atoms with Crippen molar-refractivity contribution in [3.05, 3.63) is 54.1 Å². The first kappa shape index (κ1) is 23.7. The number of hydrogen-bond donors (Lipinski definition) is 2. The van der Waals surface area contributed by atoms with E-state index < -0.39 is 0 Å². The Morgan fingerprint density at radius 3 is 2.83 bits per heavy atom. The molecule has 0 bridgehead atoms. The molecular weight excluding hydrogens is 477 g/mol. The lowest BCUT2D eigenvalue weighted by molar-refractivity contribution is 0.0243. The van der Waals surface area contributed by atoms with E-state index in [2.05, 4.69) is 64.4 Å². The Balaban J connectivity index is 0.00000300. The molecule has 1 aliphatic rings. The molecule has 29 heavy (non-hydrogen) atoms. The van der Waals surface area contributed by atoms with Gasteiger partial charge in [-0.1, -0.05) is 30.3 Å². The van der Waals surface area contributed by atoms with E-state index in [1.807, 2.05) is 12.4 Å². The van der Waals surface area contributed by atoms with Gasteiger partial charge in [-0.3, -0.25) is 0 Å². The molecule has 6 nitrogen and oxygen atoms in total. The molecule has 2 N–H and O–H groups in total. The van der Waals surface area contributed by atoms with Crippen molar-refractivity contribution >= 4 is 29.9 Å². The van der Waals surface area contributed by atoms with Gasteiger partial charge in [-0.25, -0.2) is 9.98 Å². The van der Waals surface area contributed by atoms with Gasteiger partial charge in [-0.15, -0.1) is 24.0 Å². The van der Waals surface area contributed by atoms with Crippen LogP contribution in [-0.2, 0) is 24.2 Å². The number of imidazole rings is 1. The number of nitrogens with zero attached hydrogens (tertiary/aromatic N) is 3. The maximum atomic E-state index is 5.86. The molecule has 0 saturated carbocycles. The van der Waals surface area contributed by atoms with Crippen molar-refractivity contribution in [2.24, 2.45) is 4.99 Å². The van der Waals surface area contributed by atoms with Gasteiger partial charge >= 0.3 is 0 Å². The van der Waals surface area contributed by atoms with E-state index in [1.54, 1.807) is 0 Å². The number of ether oxygens (including phenoxy) is 1. The fraction of sp³-hybridized carbons (Fsp3) is 0.545. The van der Waals surface area contributed by atoms with E-state index in [4.69, 9.17) is 9.73 Å². The molecule has 0 radical (unpaired) electrons. The van der Waals surface area contributed by atoms with Crippen molar-refractivity contribution in [1.29, 1.82) is 0 Å². The number of rotatable bonds is 9. The zero-order valence-electron chi connectivity index (χ0n) is 17.6. The Morgan fingerprint density at radius 2 is 2.10 bits per heavy atom. The Morgan fingerprint density at radius 1 is 1.28 bits per heavy atom. The molecule has 3 rings (SSSR count). The quantitative estimate of drug-likeness (QED) is 0.306. The van der Waals surface area contributed by atoms with Gasteiger partial charge in [-0.05, 0) is 45.1 Å². The summed E-state index contributed by atoms with van der Waals surface area (Å²) in [6.07, 6.45) is 8.29. The normalized spacial score (nSPS) is 19.0. The van der Waals surface area contributed by atoms with Crippen molar-refractivity contribution in [2.45, 2.75) is 58.2 Å². The van der Waals surface area contributed by atoms with Gasteiger partial charge < -0.3 is 19.9 Å². The molecule has 1 aliphatic heterocycles. The Bertz CT molecular complexity index is 741. The van der Waals surface area contributed by atoms with Crippen molar-refractivity contribution in [3.63, 3.8) is 0 Å². The Kier molecular flexibility index (Phi) is 9.93. The summed E-state index contributed by atoms with van der Waals surface area (Å²) in [5, 5.41) is 6.74. The van der Waals surface area contributed by atoms with Gasteiger partial charge in [0, 0.05) is 38.6 Å². The largest absolute Gasteiger partial charge is 0.373 e. The highest BCUT2D eigenvalue weighted by Crippen LogP contribution is 2.23. The van der Waals surface area contributed by atoms with Crippen LogP contribution in [0, 0.1) is 0 Å². The van der Waals surface area contributed by atoms with Crippen LogP contribution in [0.3, 0.4) is 0 Å². The van der Waals surface area contributed by atoms with Crippen LogP contribution < -0.4 is 10.6 Å². The molecule has 160 valence electrons. The highest BCUT2D eigenvalue weighted by Gasteiger charge is 2.29. The molecule has 1 fully saturated rings. The summed E-state index contributed by atoms with van der Waals surface area (Å²) in [5.41, 5.74) is 1.29. The van der Waals surface area contributed by atoms with E-state index in [0.29, 0.717) is 6.54 Å². The number of guanidine groups is 1. The fourth-order valence-electron chi connectivity index (χ4n) is 3.53. The topological polar surface area (TPSA) is 63.5 Å². The van der Waals surface area contributed by atoms with Crippen LogP contribution in [0.25, 0.3) is 0 Å². The molecule has 1 unspecified atom stereocenters. The third-order valence-corrected chi connectivity index (χ3v) is 5.16. The van der Waals surface area contributed by atoms with Crippen molar-refractivity contribution in [2.75, 3.05) is 19.7 Å². The highest BCUT2D eigenvalue weighted by atomic mass is 127. The van der Waals surface area contributed by atoms with E-state index in [-0.39, 0.29) is 29.6 Å². The molecule has 0 spiro atoms. The molecule has 1 aromatic carbocycles. The molecule has 1 saturated heterocycles. The van der Waals surface area contributed by atoms with Crippen LogP contribution in [0.1, 0.15) is 44.5 Å². The predicted octanol–water partition coefficient (Wildman–Crippen LogP) is 3.76.